The number of halogens is 3. The van der Waals surface area contributed by atoms with Crippen molar-refractivity contribution in [3.8, 4) is 0 Å². The van der Waals surface area contributed by atoms with Gasteiger partial charge in [-0.3, -0.25) is 4.79 Å². The number of carbonyl (C=O) groups excluding carboxylic acids is 1. The summed E-state index contributed by atoms with van der Waals surface area (Å²) in [5.41, 5.74) is 5.08. The molecule has 1 unspecified atom stereocenters. The maximum atomic E-state index is 12.3. The van der Waals surface area contributed by atoms with Gasteiger partial charge in [-0.1, -0.05) is 0 Å². The van der Waals surface area contributed by atoms with Crippen molar-refractivity contribution in [3.63, 3.8) is 0 Å². The van der Waals surface area contributed by atoms with Gasteiger partial charge in [-0.05, 0) is 12.8 Å². The Morgan fingerprint density at radius 1 is 1.50 bits per heavy atom. The molecule has 0 radical (unpaired) electrons. The molecule has 1 aliphatic rings. The van der Waals surface area contributed by atoms with E-state index in [2.05, 4.69) is 0 Å². The summed E-state index contributed by atoms with van der Waals surface area (Å²) in [6.45, 7) is -0.0628. The van der Waals surface area contributed by atoms with E-state index >= 15 is 0 Å². The quantitative estimate of drug-likeness (QED) is 0.694. The van der Waals surface area contributed by atoms with E-state index in [0.29, 0.717) is 13.0 Å². The lowest BCUT2D eigenvalue weighted by Crippen LogP contribution is -2.46. The minimum absolute atomic E-state index is 0.109. The Morgan fingerprint density at radius 2 is 2.14 bits per heavy atom. The van der Waals surface area contributed by atoms with Crippen LogP contribution in [-0.2, 0) is 4.79 Å². The predicted octanol–water partition coefficient (Wildman–Crippen LogP) is 0.746. The molecule has 0 saturated carbocycles. The van der Waals surface area contributed by atoms with Crippen molar-refractivity contribution in [1.29, 1.82) is 0 Å². The zero-order valence-electron chi connectivity index (χ0n) is 7.68. The van der Waals surface area contributed by atoms with Crippen molar-refractivity contribution in [2.45, 2.75) is 19.0 Å². The minimum Gasteiger partial charge on any atom is -0.341 e. The van der Waals surface area contributed by atoms with Gasteiger partial charge in [0, 0.05) is 13.1 Å². The molecule has 1 rings (SSSR count). The fraction of sp³-hybridized carbons (Fsp3) is 0.875. The molecule has 3 nitrogen and oxygen atoms in total. The third-order valence-corrected chi connectivity index (χ3v) is 2.41. The van der Waals surface area contributed by atoms with Crippen LogP contribution in [0.5, 0.6) is 0 Å². The SMILES string of the molecule is NCC(=O)N1CCCC(C(F)(F)F)C1. The highest BCUT2D eigenvalue weighted by Gasteiger charge is 2.42. The van der Waals surface area contributed by atoms with Crippen LogP contribution >= 0.6 is 0 Å². The highest BCUT2D eigenvalue weighted by atomic mass is 19.4. The summed E-state index contributed by atoms with van der Waals surface area (Å²) in [7, 11) is 0. The van der Waals surface area contributed by atoms with Gasteiger partial charge in [0.1, 0.15) is 0 Å². The molecule has 1 heterocycles. The fourth-order valence-corrected chi connectivity index (χ4v) is 1.60. The van der Waals surface area contributed by atoms with Crippen LogP contribution in [0.4, 0.5) is 13.2 Å². The third-order valence-electron chi connectivity index (χ3n) is 2.41. The second kappa shape index (κ2) is 4.16. The molecule has 0 aromatic carbocycles. The van der Waals surface area contributed by atoms with Gasteiger partial charge >= 0.3 is 6.18 Å². The number of nitrogens with zero attached hydrogens (tertiary/aromatic N) is 1. The van der Waals surface area contributed by atoms with Gasteiger partial charge in [0.25, 0.3) is 0 Å². The summed E-state index contributed by atoms with van der Waals surface area (Å²) in [5, 5.41) is 0. The molecule has 0 aromatic rings. The minimum atomic E-state index is -4.20. The molecule has 14 heavy (non-hydrogen) atoms. The van der Waals surface area contributed by atoms with Crippen LogP contribution in [0, 0.1) is 5.92 Å². The monoisotopic (exact) mass is 210 g/mol. The molecule has 0 aliphatic carbocycles. The average Bonchev–Trinajstić information content (AvgIpc) is 2.15. The van der Waals surface area contributed by atoms with Crippen molar-refractivity contribution in [2.75, 3.05) is 19.6 Å². The first-order chi connectivity index (χ1) is 6.45. The average molecular weight is 210 g/mol. The summed E-state index contributed by atoms with van der Waals surface area (Å²) in [6.07, 6.45) is -3.69. The van der Waals surface area contributed by atoms with Crippen LogP contribution in [-0.4, -0.2) is 36.6 Å². The molecule has 1 saturated heterocycles. The molecular weight excluding hydrogens is 197 g/mol. The number of likely N-dealkylation sites (tertiary alicyclic amines) is 1. The number of carbonyl (C=O) groups is 1. The number of amides is 1. The molecule has 1 atom stereocenters. The fourth-order valence-electron chi connectivity index (χ4n) is 1.60. The van der Waals surface area contributed by atoms with Crippen LogP contribution in [0.1, 0.15) is 12.8 Å². The van der Waals surface area contributed by atoms with E-state index in [0.717, 1.165) is 0 Å². The number of piperidine rings is 1. The van der Waals surface area contributed by atoms with Crippen molar-refractivity contribution in [1.82, 2.24) is 4.90 Å². The Labute approximate surface area is 80.0 Å². The Kier molecular flexibility index (Phi) is 3.36. The molecule has 0 aromatic heterocycles. The molecule has 2 N–H and O–H groups in total. The van der Waals surface area contributed by atoms with Crippen molar-refractivity contribution in [2.24, 2.45) is 11.7 Å². The van der Waals surface area contributed by atoms with Crippen LogP contribution in [0.15, 0.2) is 0 Å². The molecule has 1 aliphatic heterocycles. The van der Waals surface area contributed by atoms with Crippen molar-refractivity contribution >= 4 is 5.91 Å². The number of alkyl halides is 3. The van der Waals surface area contributed by atoms with Gasteiger partial charge in [-0.25, -0.2) is 0 Å². The zero-order chi connectivity index (χ0) is 10.8. The summed E-state index contributed by atoms with van der Waals surface area (Å²) in [5.74, 6) is -1.79. The summed E-state index contributed by atoms with van der Waals surface area (Å²) in [4.78, 5) is 12.3. The van der Waals surface area contributed by atoms with E-state index in [-0.39, 0.29) is 19.5 Å². The van der Waals surface area contributed by atoms with Gasteiger partial charge < -0.3 is 10.6 Å². The lowest BCUT2D eigenvalue weighted by Gasteiger charge is -2.33. The smallest absolute Gasteiger partial charge is 0.341 e. The van der Waals surface area contributed by atoms with Gasteiger partial charge in [-0.15, -0.1) is 0 Å². The third kappa shape index (κ3) is 2.60. The largest absolute Gasteiger partial charge is 0.393 e. The lowest BCUT2D eigenvalue weighted by molar-refractivity contribution is -0.187. The number of nitrogens with two attached hydrogens (primary N) is 1. The van der Waals surface area contributed by atoms with E-state index in [9.17, 15) is 18.0 Å². The molecule has 1 amide bonds. The van der Waals surface area contributed by atoms with Gasteiger partial charge in [-0.2, -0.15) is 13.2 Å². The molecular formula is C8H13F3N2O. The molecule has 6 heteroatoms. The molecule has 0 bridgehead atoms. The zero-order valence-corrected chi connectivity index (χ0v) is 7.68. The van der Waals surface area contributed by atoms with Crippen molar-refractivity contribution in [3.05, 3.63) is 0 Å². The van der Waals surface area contributed by atoms with Gasteiger partial charge in [0.05, 0.1) is 12.5 Å². The highest BCUT2D eigenvalue weighted by Crippen LogP contribution is 2.32. The first-order valence-electron chi connectivity index (χ1n) is 4.49. The lowest BCUT2D eigenvalue weighted by atomic mass is 9.97. The number of hydrogen-bond donors (Lipinski definition) is 1. The number of rotatable bonds is 1. The summed E-state index contributed by atoms with van der Waals surface area (Å²) >= 11 is 0. The molecule has 82 valence electrons. The molecule has 1 fully saturated rings. The van der Waals surface area contributed by atoms with E-state index < -0.39 is 18.0 Å². The van der Waals surface area contributed by atoms with E-state index in [1.807, 2.05) is 0 Å². The Bertz CT molecular complexity index is 217. The maximum absolute atomic E-state index is 12.3. The molecule has 0 spiro atoms. The highest BCUT2D eigenvalue weighted by molar-refractivity contribution is 5.78. The van der Waals surface area contributed by atoms with Crippen LogP contribution < -0.4 is 5.73 Å². The second-order valence-corrected chi connectivity index (χ2v) is 3.42. The first kappa shape index (κ1) is 11.3. The summed E-state index contributed by atoms with van der Waals surface area (Å²) in [6, 6.07) is 0. The Morgan fingerprint density at radius 3 is 2.64 bits per heavy atom. The predicted molar refractivity (Wildman–Crippen MR) is 44.4 cm³/mol. The van der Waals surface area contributed by atoms with E-state index in [1.165, 1.54) is 4.90 Å². The van der Waals surface area contributed by atoms with Crippen molar-refractivity contribution < 1.29 is 18.0 Å². The topological polar surface area (TPSA) is 46.3 Å². The Hall–Kier alpha value is -0.780. The second-order valence-electron chi connectivity index (χ2n) is 3.42. The first-order valence-corrected chi connectivity index (χ1v) is 4.49. The van der Waals surface area contributed by atoms with E-state index in [4.69, 9.17) is 5.73 Å². The summed E-state index contributed by atoms with van der Waals surface area (Å²) < 4.78 is 36.9. The van der Waals surface area contributed by atoms with Crippen LogP contribution in [0.25, 0.3) is 0 Å². The van der Waals surface area contributed by atoms with Gasteiger partial charge in [0.2, 0.25) is 5.91 Å². The normalized spacial score (nSPS) is 23.7. The number of hydrogen-bond acceptors (Lipinski definition) is 2. The maximum Gasteiger partial charge on any atom is 0.393 e. The Balaban J connectivity index is 2.56. The van der Waals surface area contributed by atoms with Crippen LogP contribution in [0.2, 0.25) is 0 Å². The van der Waals surface area contributed by atoms with Gasteiger partial charge in [0.15, 0.2) is 0 Å². The van der Waals surface area contributed by atoms with Crippen LogP contribution in [0.3, 0.4) is 0 Å². The standard InChI is InChI=1S/C8H13F3N2O/c9-8(10,11)6-2-1-3-13(5-6)7(14)4-12/h6H,1-5,12H2. The van der Waals surface area contributed by atoms with E-state index in [1.54, 1.807) is 0 Å².